The molecule has 36 heavy (non-hydrogen) atoms. The first-order chi connectivity index (χ1) is 17.5. The third-order valence-electron chi connectivity index (χ3n) is 8.26. The van der Waals surface area contributed by atoms with Gasteiger partial charge in [-0.05, 0) is 74.5 Å². The summed E-state index contributed by atoms with van der Waals surface area (Å²) in [5, 5.41) is 13.4. The lowest BCUT2D eigenvalue weighted by Crippen LogP contribution is -2.64. The van der Waals surface area contributed by atoms with Crippen LogP contribution in [-0.4, -0.2) is 42.4 Å². The maximum atomic E-state index is 9.43. The highest BCUT2D eigenvalue weighted by atomic mass is 17.1. The fourth-order valence-electron chi connectivity index (χ4n) is 6.27. The number of piperidine rings is 3. The summed E-state index contributed by atoms with van der Waals surface area (Å²) in [4.78, 5) is 7.47. The average Bonchev–Trinajstić information content (AvgIpc) is 2.94. The molecule has 3 fully saturated rings. The number of ether oxygens (including phenoxy) is 1. The fraction of sp³-hybridized carbons (Fsp3) is 0.419. The van der Waals surface area contributed by atoms with Crippen molar-refractivity contribution in [3.8, 4) is 5.75 Å². The number of hydrogen-bond acceptors (Lipinski definition) is 5. The summed E-state index contributed by atoms with van der Waals surface area (Å²) in [6.07, 6.45) is 2.46. The molecule has 3 aliphatic rings. The molecule has 6 rings (SSSR count). The number of nitrogens with zero attached hydrogens (tertiary/aromatic N) is 1. The van der Waals surface area contributed by atoms with Gasteiger partial charge in [-0.2, -0.15) is 0 Å². The minimum absolute atomic E-state index is 0.294. The third kappa shape index (κ3) is 4.94. The van der Waals surface area contributed by atoms with Crippen LogP contribution in [0.25, 0.3) is 0 Å². The normalized spacial score (nSPS) is 23.7. The second-order valence-electron chi connectivity index (χ2n) is 10.7. The molecule has 190 valence electrons. The summed E-state index contributed by atoms with van der Waals surface area (Å²) < 4.78 is 5.71. The quantitative estimate of drug-likeness (QED) is 0.296. The first kappa shape index (κ1) is 25.0. The number of rotatable bonds is 9. The third-order valence-corrected chi connectivity index (χ3v) is 8.26. The van der Waals surface area contributed by atoms with Crippen LogP contribution in [0.5, 0.6) is 5.75 Å². The SMILES string of the molecule is COc1ccc(C(C)(C)OO)cc1CN[C@@H]1C2CCN(CC2)[C@@H]1C(c1ccccc1)c1ccccc1. The van der Waals surface area contributed by atoms with E-state index in [9.17, 15) is 5.26 Å². The molecular weight excluding hydrogens is 448 g/mol. The standard InChI is InChI=1S/C31H38N2O3/c1-31(2,36-34)26-14-15-27(35-3)25(20-26)21-32-29-24-16-18-33(19-17-24)30(29)28(22-10-6-4-7-11-22)23-12-8-5-9-13-23/h4-15,20,24,28-30,32,34H,16-19,21H2,1-3H3/t29-,30-/m1/s1. The van der Waals surface area contributed by atoms with Crippen molar-refractivity contribution in [3.05, 3.63) is 101 Å². The van der Waals surface area contributed by atoms with Crippen LogP contribution >= 0.6 is 0 Å². The zero-order valence-corrected chi connectivity index (χ0v) is 21.6. The maximum Gasteiger partial charge on any atom is 0.123 e. The Morgan fingerprint density at radius 3 is 2.11 bits per heavy atom. The van der Waals surface area contributed by atoms with Gasteiger partial charge in [0.05, 0.1) is 7.11 Å². The zero-order valence-electron chi connectivity index (χ0n) is 21.6. The summed E-state index contributed by atoms with van der Waals surface area (Å²) in [5.74, 6) is 1.78. The van der Waals surface area contributed by atoms with E-state index in [1.807, 2.05) is 26.0 Å². The predicted octanol–water partition coefficient (Wildman–Crippen LogP) is 5.80. The van der Waals surface area contributed by atoms with Gasteiger partial charge >= 0.3 is 0 Å². The van der Waals surface area contributed by atoms with E-state index in [1.54, 1.807) is 7.11 Å². The van der Waals surface area contributed by atoms with Crippen LogP contribution < -0.4 is 10.1 Å². The van der Waals surface area contributed by atoms with Crippen LogP contribution in [0.4, 0.5) is 0 Å². The van der Waals surface area contributed by atoms with Crippen molar-refractivity contribution in [1.29, 1.82) is 0 Å². The van der Waals surface area contributed by atoms with Crippen molar-refractivity contribution in [1.82, 2.24) is 10.2 Å². The lowest BCUT2D eigenvalue weighted by Gasteiger charge is -2.54. The lowest BCUT2D eigenvalue weighted by atomic mass is 9.70. The highest BCUT2D eigenvalue weighted by Gasteiger charge is 2.46. The van der Waals surface area contributed by atoms with Crippen molar-refractivity contribution in [2.45, 2.75) is 56.8 Å². The van der Waals surface area contributed by atoms with Gasteiger partial charge in [-0.1, -0.05) is 66.7 Å². The number of nitrogens with one attached hydrogen (secondary N) is 1. The highest BCUT2D eigenvalue weighted by Crippen LogP contribution is 2.42. The number of hydrogen-bond donors (Lipinski definition) is 2. The summed E-state index contributed by atoms with van der Waals surface area (Å²) in [6, 6.07) is 28.7. The summed E-state index contributed by atoms with van der Waals surface area (Å²) >= 11 is 0. The van der Waals surface area contributed by atoms with Crippen LogP contribution in [0.2, 0.25) is 0 Å². The van der Waals surface area contributed by atoms with Crippen LogP contribution in [0.3, 0.4) is 0 Å². The van der Waals surface area contributed by atoms with Gasteiger partial charge in [0.2, 0.25) is 0 Å². The second-order valence-corrected chi connectivity index (χ2v) is 10.7. The topological polar surface area (TPSA) is 54.0 Å². The van der Waals surface area contributed by atoms with Crippen LogP contribution in [0.15, 0.2) is 78.9 Å². The molecule has 3 aromatic rings. The second kappa shape index (κ2) is 10.7. The molecule has 2 bridgehead atoms. The predicted molar refractivity (Wildman–Crippen MR) is 143 cm³/mol. The van der Waals surface area contributed by atoms with Crippen molar-refractivity contribution >= 4 is 0 Å². The molecule has 0 aromatic heterocycles. The highest BCUT2D eigenvalue weighted by molar-refractivity contribution is 5.40. The van der Waals surface area contributed by atoms with E-state index in [2.05, 4.69) is 76.9 Å². The van der Waals surface area contributed by atoms with Gasteiger partial charge in [0.1, 0.15) is 11.4 Å². The van der Waals surface area contributed by atoms with Crippen LogP contribution in [-0.2, 0) is 17.0 Å². The Bertz CT molecular complexity index is 1090. The molecule has 5 heteroatoms. The van der Waals surface area contributed by atoms with Crippen LogP contribution in [0.1, 0.15) is 54.9 Å². The Labute approximate surface area is 215 Å². The Morgan fingerprint density at radius 1 is 0.944 bits per heavy atom. The summed E-state index contributed by atoms with van der Waals surface area (Å²) in [6.45, 7) is 6.73. The molecule has 0 unspecified atom stereocenters. The molecule has 0 radical (unpaired) electrons. The molecular formula is C31H38N2O3. The van der Waals surface area contributed by atoms with E-state index in [0.717, 1.165) is 30.0 Å². The molecule has 3 aliphatic heterocycles. The van der Waals surface area contributed by atoms with Gasteiger partial charge in [0.15, 0.2) is 0 Å². The number of fused-ring (bicyclic) bond motifs is 3. The average molecular weight is 487 g/mol. The molecule has 2 N–H and O–H groups in total. The van der Waals surface area contributed by atoms with E-state index >= 15 is 0 Å². The van der Waals surface area contributed by atoms with Gasteiger partial charge < -0.3 is 10.1 Å². The van der Waals surface area contributed by atoms with Crippen molar-refractivity contribution in [2.75, 3.05) is 20.2 Å². The van der Waals surface area contributed by atoms with Gasteiger partial charge in [-0.25, -0.2) is 4.89 Å². The zero-order chi connectivity index (χ0) is 25.1. The van der Waals surface area contributed by atoms with Gasteiger partial charge in [0.25, 0.3) is 0 Å². The van der Waals surface area contributed by atoms with E-state index in [-0.39, 0.29) is 0 Å². The summed E-state index contributed by atoms with van der Waals surface area (Å²) in [7, 11) is 1.71. The largest absolute Gasteiger partial charge is 0.496 e. The van der Waals surface area contributed by atoms with Crippen molar-refractivity contribution in [3.63, 3.8) is 0 Å². The van der Waals surface area contributed by atoms with E-state index in [1.165, 1.54) is 24.0 Å². The Balaban J connectivity index is 1.48. The monoisotopic (exact) mass is 486 g/mol. The van der Waals surface area contributed by atoms with E-state index < -0.39 is 5.60 Å². The Morgan fingerprint density at radius 2 is 1.56 bits per heavy atom. The smallest absolute Gasteiger partial charge is 0.123 e. The maximum absolute atomic E-state index is 9.43. The van der Waals surface area contributed by atoms with E-state index in [4.69, 9.17) is 9.62 Å². The fourth-order valence-corrected chi connectivity index (χ4v) is 6.27. The molecule has 3 aromatic carbocycles. The molecule has 0 saturated carbocycles. The van der Waals surface area contributed by atoms with Gasteiger partial charge in [-0.3, -0.25) is 10.2 Å². The minimum atomic E-state index is -0.787. The lowest BCUT2D eigenvalue weighted by molar-refractivity contribution is -0.318. The minimum Gasteiger partial charge on any atom is -0.496 e. The molecule has 0 amide bonds. The molecule has 5 nitrogen and oxygen atoms in total. The molecule has 2 atom stereocenters. The molecule has 3 heterocycles. The Hall–Kier alpha value is -2.70. The summed E-state index contributed by atoms with van der Waals surface area (Å²) in [5.41, 5.74) is 3.94. The first-order valence-corrected chi connectivity index (χ1v) is 13.1. The Kier molecular flexibility index (Phi) is 7.44. The van der Waals surface area contributed by atoms with Gasteiger partial charge in [0, 0.05) is 30.1 Å². The van der Waals surface area contributed by atoms with E-state index in [0.29, 0.717) is 30.5 Å². The van der Waals surface area contributed by atoms with Crippen molar-refractivity contribution in [2.24, 2.45) is 5.92 Å². The first-order valence-electron chi connectivity index (χ1n) is 13.1. The van der Waals surface area contributed by atoms with Crippen LogP contribution in [0, 0.1) is 5.92 Å². The van der Waals surface area contributed by atoms with Crippen molar-refractivity contribution < 1.29 is 14.9 Å². The number of methoxy groups -OCH3 is 1. The molecule has 0 aliphatic carbocycles. The molecule has 3 saturated heterocycles. The number of benzene rings is 3. The molecule has 0 spiro atoms. The van der Waals surface area contributed by atoms with Gasteiger partial charge in [-0.15, -0.1) is 0 Å².